The SMILES string of the molecule is CO[C@H]1/C=C/O[C@@]2(C)Oc3c(C)c(O)c4c(O)c(c(/C=N/NCc5ccccc5)c(O)c4c3C2=O)NC(=O)/C(C)=C\C=C\[C@H](C)[C@H](O)[C@@H](C)[C@@H](O)[C@@H](C)[C@H](OC(C)=O)[C@@H]1C. The Kier molecular flexibility index (Phi) is 14.0. The average Bonchev–Trinajstić information content (AvgIpc) is 3.48. The number of hydrazone groups is 1. The highest BCUT2D eigenvalue weighted by molar-refractivity contribution is 6.23. The normalized spacial score (nSPS) is 29.7. The van der Waals surface area contributed by atoms with E-state index in [4.69, 9.17) is 18.9 Å². The number of allylic oxidation sites excluding steroid dienone is 2. The second-order valence-corrected chi connectivity index (χ2v) is 15.7. The van der Waals surface area contributed by atoms with Gasteiger partial charge in [0.1, 0.15) is 23.4 Å². The fourth-order valence-electron chi connectivity index (χ4n) is 7.72. The summed E-state index contributed by atoms with van der Waals surface area (Å²) in [6.07, 6.45) is 4.65. The van der Waals surface area contributed by atoms with Gasteiger partial charge in [0.15, 0.2) is 5.75 Å². The van der Waals surface area contributed by atoms with Gasteiger partial charge in [-0.2, -0.15) is 5.10 Å². The Labute approximate surface area is 349 Å². The van der Waals surface area contributed by atoms with Crippen LogP contribution >= 0.6 is 0 Å². The number of esters is 1. The van der Waals surface area contributed by atoms with Gasteiger partial charge in [0.25, 0.3) is 11.7 Å². The summed E-state index contributed by atoms with van der Waals surface area (Å²) in [5.41, 5.74) is 3.25. The number of phenolic OH excluding ortho intramolecular Hbond substituents is 3. The Morgan fingerprint density at radius 3 is 2.28 bits per heavy atom. The summed E-state index contributed by atoms with van der Waals surface area (Å²) in [7, 11) is 1.43. The molecule has 6 rings (SSSR count). The molecule has 5 bridgehead atoms. The second kappa shape index (κ2) is 18.6. The molecule has 322 valence electrons. The summed E-state index contributed by atoms with van der Waals surface area (Å²) >= 11 is 0. The van der Waals surface area contributed by atoms with Crippen molar-refractivity contribution in [1.29, 1.82) is 0 Å². The Morgan fingerprint density at radius 1 is 0.950 bits per heavy atom. The highest BCUT2D eigenvalue weighted by atomic mass is 16.7. The molecule has 0 saturated carbocycles. The van der Waals surface area contributed by atoms with Gasteiger partial charge in [0.05, 0.1) is 59.5 Å². The Bertz CT molecular complexity index is 2240. The van der Waals surface area contributed by atoms with Crippen molar-refractivity contribution in [1.82, 2.24) is 5.43 Å². The molecular weight excluding hydrogens is 775 g/mol. The van der Waals surface area contributed by atoms with Crippen LogP contribution in [0.25, 0.3) is 10.8 Å². The molecule has 7 N–H and O–H groups in total. The summed E-state index contributed by atoms with van der Waals surface area (Å²) in [6, 6.07) is 9.34. The van der Waals surface area contributed by atoms with E-state index in [1.165, 1.54) is 59.4 Å². The quantitative estimate of drug-likeness (QED) is 0.0508. The van der Waals surface area contributed by atoms with Crippen LogP contribution in [0.4, 0.5) is 5.69 Å². The van der Waals surface area contributed by atoms with Crippen molar-refractivity contribution in [2.24, 2.45) is 28.8 Å². The van der Waals surface area contributed by atoms with Crippen molar-refractivity contribution in [2.45, 2.75) is 92.1 Å². The molecule has 0 spiro atoms. The van der Waals surface area contributed by atoms with Gasteiger partial charge >= 0.3 is 11.8 Å². The van der Waals surface area contributed by atoms with Gasteiger partial charge in [-0.05, 0) is 25.5 Å². The zero-order valence-electron chi connectivity index (χ0n) is 35.2. The Balaban J connectivity index is 1.69. The van der Waals surface area contributed by atoms with E-state index in [1.807, 2.05) is 30.3 Å². The summed E-state index contributed by atoms with van der Waals surface area (Å²) < 4.78 is 23.6. The predicted octanol–water partition coefficient (Wildman–Crippen LogP) is 5.88. The summed E-state index contributed by atoms with van der Waals surface area (Å²) in [5.74, 6) is -8.56. The fourth-order valence-corrected chi connectivity index (χ4v) is 7.72. The third-order valence-electron chi connectivity index (χ3n) is 11.4. The minimum absolute atomic E-state index is 0.0394. The minimum atomic E-state index is -2.06. The number of carbonyl (C=O) groups excluding carboxylic acids is 3. The summed E-state index contributed by atoms with van der Waals surface area (Å²) in [4.78, 5) is 40.5. The monoisotopic (exact) mass is 829 g/mol. The molecule has 60 heavy (non-hydrogen) atoms. The van der Waals surface area contributed by atoms with E-state index in [9.17, 15) is 39.9 Å². The number of phenols is 3. The number of aliphatic hydroxyl groups is 2. The first-order chi connectivity index (χ1) is 28.3. The highest BCUT2D eigenvalue weighted by Crippen LogP contribution is 2.55. The van der Waals surface area contributed by atoms with Crippen molar-refractivity contribution in [3.63, 3.8) is 0 Å². The van der Waals surface area contributed by atoms with Crippen molar-refractivity contribution in [3.8, 4) is 23.0 Å². The number of carbonyl (C=O) groups is 3. The zero-order valence-corrected chi connectivity index (χ0v) is 35.2. The van der Waals surface area contributed by atoms with Crippen LogP contribution < -0.4 is 15.5 Å². The molecule has 0 saturated heterocycles. The van der Waals surface area contributed by atoms with E-state index < -0.39 is 88.8 Å². The number of methoxy groups -OCH3 is 1. The molecule has 15 nitrogen and oxygen atoms in total. The number of ketones is 1. The number of nitrogens with one attached hydrogen (secondary N) is 2. The topological polar surface area (TPSA) is 226 Å². The lowest BCUT2D eigenvalue weighted by atomic mass is 9.78. The smallest absolute Gasteiger partial charge is 0.312 e. The van der Waals surface area contributed by atoms with Crippen LogP contribution in [0.5, 0.6) is 23.0 Å². The predicted molar refractivity (Wildman–Crippen MR) is 225 cm³/mol. The van der Waals surface area contributed by atoms with Crippen LogP contribution in [-0.4, -0.2) is 86.7 Å². The summed E-state index contributed by atoms with van der Waals surface area (Å²) in [6.45, 7) is 12.7. The number of amides is 1. The van der Waals surface area contributed by atoms with Gasteiger partial charge in [-0.25, -0.2) is 0 Å². The van der Waals surface area contributed by atoms with Crippen LogP contribution in [0.1, 0.15) is 75.5 Å². The number of anilines is 1. The first kappa shape index (κ1) is 45.2. The maximum Gasteiger partial charge on any atom is 0.312 e. The molecule has 3 aliphatic rings. The number of benzene rings is 3. The molecule has 0 aromatic heterocycles. The first-order valence-electron chi connectivity index (χ1n) is 19.7. The van der Waals surface area contributed by atoms with Gasteiger partial charge in [0, 0.05) is 61.2 Å². The minimum Gasteiger partial charge on any atom is -0.507 e. The highest BCUT2D eigenvalue weighted by Gasteiger charge is 2.50. The number of ether oxygens (including phenoxy) is 4. The van der Waals surface area contributed by atoms with E-state index in [2.05, 4.69) is 15.8 Å². The first-order valence-corrected chi connectivity index (χ1v) is 19.7. The standard InChI is InChI=1S/C45H55N3O12/c1-22-14-13-15-23(2)44(56)48-35-30(21-47-46-20-29-16-11-10-12-17-29)39(53)32-33(40(35)54)38(52)27(6)42-34(32)43(55)45(8,60-42)58-19-18-31(57-9)24(3)41(59-28(7)49)26(5)37(51)25(4)36(22)50/h10-19,21-22,24-26,31,36-37,41,46,50-54H,20H2,1-9H3,(H,48,56)/b14-13+,19-18+,23-15-,47-21+/t22-,24+,25+,26+,31-,36-,37+,41+,45-/m0/s1. The van der Waals surface area contributed by atoms with Crippen LogP contribution in [0, 0.1) is 30.6 Å². The molecule has 9 atom stereocenters. The lowest BCUT2D eigenvalue weighted by molar-refractivity contribution is -0.160. The average molecular weight is 830 g/mol. The number of rotatable bonds is 6. The van der Waals surface area contributed by atoms with Gasteiger partial charge in [-0.1, -0.05) is 76.3 Å². The van der Waals surface area contributed by atoms with Gasteiger partial charge in [0.2, 0.25) is 0 Å². The van der Waals surface area contributed by atoms with Gasteiger partial charge in [-0.15, -0.1) is 0 Å². The molecule has 3 aromatic rings. The molecule has 3 aromatic carbocycles. The molecule has 0 aliphatic carbocycles. The van der Waals surface area contributed by atoms with Crippen molar-refractivity contribution < 1.29 is 58.9 Å². The maximum atomic E-state index is 14.4. The third-order valence-corrected chi connectivity index (χ3v) is 11.4. The van der Waals surface area contributed by atoms with Crippen LogP contribution in [0.2, 0.25) is 0 Å². The molecule has 3 aliphatic heterocycles. The van der Waals surface area contributed by atoms with E-state index in [0.29, 0.717) is 0 Å². The number of hydrogen-bond acceptors (Lipinski definition) is 14. The zero-order chi connectivity index (χ0) is 44.2. The summed E-state index contributed by atoms with van der Waals surface area (Å²) in [5, 5.41) is 64.6. The van der Waals surface area contributed by atoms with E-state index in [1.54, 1.807) is 39.8 Å². The van der Waals surface area contributed by atoms with E-state index >= 15 is 0 Å². The maximum absolute atomic E-state index is 14.4. The number of aromatic hydroxyl groups is 3. The largest absolute Gasteiger partial charge is 0.507 e. The number of hydrogen-bond donors (Lipinski definition) is 7. The van der Waals surface area contributed by atoms with E-state index in [-0.39, 0.29) is 51.0 Å². The molecule has 0 unspecified atom stereocenters. The van der Waals surface area contributed by atoms with E-state index in [0.717, 1.165) is 5.56 Å². The molecule has 0 fully saturated rings. The van der Waals surface area contributed by atoms with Crippen LogP contribution in [0.15, 0.2) is 71.6 Å². The number of aliphatic hydroxyl groups excluding tert-OH is 2. The van der Waals surface area contributed by atoms with Gasteiger partial charge in [-0.3, -0.25) is 14.4 Å². The lowest BCUT2D eigenvalue weighted by Crippen LogP contribution is -2.46. The second-order valence-electron chi connectivity index (χ2n) is 15.7. The Morgan fingerprint density at radius 2 is 1.63 bits per heavy atom. The number of fused-ring (bicyclic) bond motifs is 14. The van der Waals surface area contributed by atoms with Crippen molar-refractivity contribution in [2.75, 3.05) is 12.4 Å². The van der Waals surface area contributed by atoms with Crippen LogP contribution in [-0.2, 0) is 30.3 Å². The number of nitrogens with zero attached hydrogens (tertiary/aromatic N) is 1. The molecular formula is C45H55N3O12. The number of Topliss-reactive ketones (excluding diaryl/α,β-unsaturated/α-hetero) is 1. The lowest BCUT2D eigenvalue weighted by Gasteiger charge is -2.38. The van der Waals surface area contributed by atoms with Crippen molar-refractivity contribution >= 4 is 40.3 Å². The Hall–Kier alpha value is -5.90. The van der Waals surface area contributed by atoms with Crippen molar-refractivity contribution in [3.05, 3.63) is 88.7 Å². The molecule has 3 heterocycles. The molecule has 0 radical (unpaired) electrons. The molecule has 15 heteroatoms. The fraction of sp³-hybridized carbons (Fsp3) is 0.422. The molecule has 1 amide bonds. The third kappa shape index (κ3) is 8.98. The van der Waals surface area contributed by atoms with Crippen LogP contribution in [0.3, 0.4) is 0 Å². The van der Waals surface area contributed by atoms with Gasteiger partial charge < -0.3 is 55.2 Å².